The molecule has 0 bridgehead atoms. The molecule has 0 aliphatic heterocycles. The van der Waals surface area contributed by atoms with E-state index in [2.05, 4.69) is 0 Å². The maximum absolute atomic E-state index is 11.9. The number of benzene rings is 2. The van der Waals surface area contributed by atoms with Gasteiger partial charge in [-0.25, -0.2) is 0 Å². The maximum Gasteiger partial charge on any atom is 0.188 e. The number of carbonyl (C=O) groups is 1. The number of methoxy groups -OCH3 is 1. The molecule has 0 aromatic heterocycles. The first-order valence-corrected chi connectivity index (χ1v) is 6.57. The molecule has 20 heavy (non-hydrogen) atoms. The van der Waals surface area contributed by atoms with Gasteiger partial charge in [0, 0.05) is 10.6 Å². The first-order chi connectivity index (χ1) is 9.70. The van der Waals surface area contributed by atoms with Crippen LogP contribution in [0.5, 0.6) is 5.75 Å². The standard InChI is InChI=1S/C16H15ClO3/c1-19-14-8-6-12(7-9-14)16(18)11-20-10-13-4-2-3-5-15(13)17/h2-9H,10-11H2,1H3. The van der Waals surface area contributed by atoms with E-state index in [1.807, 2.05) is 18.2 Å². The summed E-state index contributed by atoms with van der Waals surface area (Å²) in [6, 6.07) is 14.4. The van der Waals surface area contributed by atoms with Gasteiger partial charge < -0.3 is 9.47 Å². The van der Waals surface area contributed by atoms with Crippen LogP contribution in [0, 0.1) is 0 Å². The van der Waals surface area contributed by atoms with Crippen LogP contribution in [0.2, 0.25) is 5.02 Å². The number of Topliss-reactive ketones (excluding diaryl/α,β-unsaturated/α-hetero) is 1. The van der Waals surface area contributed by atoms with E-state index < -0.39 is 0 Å². The molecule has 0 aliphatic rings. The van der Waals surface area contributed by atoms with Gasteiger partial charge >= 0.3 is 0 Å². The summed E-state index contributed by atoms with van der Waals surface area (Å²) in [5, 5.41) is 0.643. The van der Waals surface area contributed by atoms with Crippen molar-refractivity contribution in [3.05, 3.63) is 64.7 Å². The Labute approximate surface area is 123 Å². The zero-order valence-corrected chi connectivity index (χ0v) is 11.9. The fourth-order valence-electron chi connectivity index (χ4n) is 1.73. The van der Waals surface area contributed by atoms with Crippen LogP contribution in [-0.4, -0.2) is 19.5 Å². The van der Waals surface area contributed by atoms with E-state index in [1.165, 1.54) is 0 Å². The molecule has 0 heterocycles. The molecule has 0 fully saturated rings. The van der Waals surface area contributed by atoms with E-state index in [1.54, 1.807) is 37.4 Å². The molecule has 3 nitrogen and oxygen atoms in total. The highest BCUT2D eigenvalue weighted by Crippen LogP contribution is 2.16. The van der Waals surface area contributed by atoms with Gasteiger partial charge in [-0.15, -0.1) is 0 Å². The third kappa shape index (κ3) is 3.83. The Hall–Kier alpha value is -1.84. The Balaban J connectivity index is 1.87. The minimum Gasteiger partial charge on any atom is -0.497 e. The van der Waals surface area contributed by atoms with Crippen LogP contribution >= 0.6 is 11.6 Å². The van der Waals surface area contributed by atoms with E-state index >= 15 is 0 Å². The average molecular weight is 291 g/mol. The van der Waals surface area contributed by atoms with Crippen LogP contribution in [0.25, 0.3) is 0 Å². The van der Waals surface area contributed by atoms with Gasteiger partial charge in [-0.1, -0.05) is 29.8 Å². The normalized spacial score (nSPS) is 10.3. The lowest BCUT2D eigenvalue weighted by Gasteiger charge is -2.06. The largest absolute Gasteiger partial charge is 0.497 e. The molecule has 0 radical (unpaired) electrons. The van der Waals surface area contributed by atoms with Gasteiger partial charge in [0.25, 0.3) is 0 Å². The molecule has 2 rings (SSSR count). The average Bonchev–Trinajstić information content (AvgIpc) is 2.49. The number of hydrogen-bond donors (Lipinski definition) is 0. The van der Waals surface area contributed by atoms with Gasteiger partial charge in [0.15, 0.2) is 5.78 Å². The summed E-state index contributed by atoms with van der Waals surface area (Å²) < 4.78 is 10.5. The lowest BCUT2D eigenvalue weighted by molar-refractivity contribution is 0.0726. The second kappa shape index (κ2) is 7.08. The summed E-state index contributed by atoms with van der Waals surface area (Å²) in [6.45, 7) is 0.346. The second-order valence-corrected chi connectivity index (χ2v) is 4.64. The van der Waals surface area contributed by atoms with E-state index in [0.29, 0.717) is 17.2 Å². The van der Waals surface area contributed by atoms with Crippen molar-refractivity contribution in [2.75, 3.05) is 13.7 Å². The van der Waals surface area contributed by atoms with Crippen molar-refractivity contribution in [1.82, 2.24) is 0 Å². The molecule has 0 spiro atoms. The molecule has 0 N–H and O–H groups in total. The second-order valence-electron chi connectivity index (χ2n) is 4.24. The van der Waals surface area contributed by atoms with Crippen molar-refractivity contribution in [3.8, 4) is 5.75 Å². The van der Waals surface area contributed by atoms with E-state index in [0.717, 1.165) is 11.3 Å². The predicted molar refractivity (Wildman–Crippen MR) is 78.4 cm³/mol. The Morgan fingerprint density at radius 1 is 1.10 bits per heavy atom. The smallest absolute Gasteiger partial charge is 0.188 e. The number of carbonyl (C=O) groups excluding carboxylic acids is 1. The minimum absolute atomic E-state index is 0.0253. The molecule has 0 saturated carbocycles. The van der Waals surface area contributed by atoms with Crippen molar-refractivity contribution in [3.63, 3.8) is 0 Å². The Morgan fingerprint density at radius 2 is 1.80 bits per heavy atom. The van der Waals surface area contributed by atoms with Gasteiger partial charge in [-0.2, -0.15) is 0 Å². The highest BCUT2D eigenvalue weighted by molar-refractivity contribution is 6.31. The molecule has 2 aromatic carbocycles. The predicted octanol–water partition coefficient (Wildman–Crippen LogP) is 3.75. The fraction of sp³-hybridized carbons (Fsp3) is 0.188. The zero-order chi connectivity index (χ0) is 14.4. The molecular weight excluding hydrogens is 276 g/mol. The summed E-state index contributed by atoms with van der Waals surface area (Å²) in [4.78, 5) is 11.9. The number of ether oxygens (including phenoxy) is 2. The first-order valence-electron chi connectivity index (χ1n) is 6.19. The third-order valence-corrected chi connectivity index (χ3v) is 3.23. The highest BCUT2D eigenvalue weighted by Gasteiger charge is 2.07. The van der Waals surface area contributed by atoms with Crippen molar-refractivity contribution in [1.29, 1.82) is 0 Å². The molecular formula is C16H15ClO3. The highest BCUT2D eigenvalue weighted by atomic mass is 35.5. The van der Waals surface area contributed by atoms with Gasteiger partial charge in [0.2, 0.25) is 0 Å². The molecule has 0 amide bonds. The van der Waals surface area contributed by atoms with Crippen molar-refractivity contribution in [2.24, 2.45) is 0 Å². The summed E-state index contributed by atoms with van der Waals surface area (Å²) in [7, 11) is 1.59. The molecule has 0 atom stereocenters. The summed E-state index contributed by atoms with van der Waals surface area (Å²) in [6.07, 6.45) is 0. The van der Waals surface area contributed by atoms with Crippen LogP contribution in [0.4, 0.5) is 0 Å². The summed E-state index contributed by atoms with van der Waals surface area (Å²) >= 11 is 6.01. The maximum atomic E-state index is 11.9. The third-order valence-electron chi connectivity index (χ3n) is 2.86. The van der Waals surface area contributed by atoms with E-state index in [4.69, 9.17) is 21.1 Å². The lowest BCUT2D eigenvalue weighted by Crippen LogP contribution is -2.09. The fourth-order valence-corrected chi connectivity index (χ4v) is 1.92. The quantitative estimate of drug-likeness (QED) is 0.760. The van der Waals surface area contributed by atoms with Crippen LogP contribution in [0.1, 0.15) is 15.9 Å². The number of halogens is 1. The van der Waals surface area contributed by atoms with Gasteiger partial charge in [0.1, 0.15) is 12.4 Å². The van der Waals surface area contributed by atoms with Crippen LogP contribution in [0.15, 0.2) is 48.5 Å². The monoisotopic (exact) mass is 290 g/mol. The Kier molecular flexibility index (Phi) is 5.16. The Morgan fingerprint density at radius 3 is 2.45 bits per heavy atom. The topological polar surface area (TPSA) is 35.5 Å². The zero-order valence-electron chi connectivity index (χ0n) is 11.1. The first kappa shape index (κ1) is 14.6. The molecule has 0 unspecified atom stereocenters. The van der Waals surface area contributed by atoms with Gasteiger partial charge in [0.05, 0.1) is 13.7 Å². The summed E-state index contributed by atoms with van der Waals surface area (Å²) in [5.41, 5.74) is 1.47. The number of ketones is 1. The molecule has 104 valence electrons. The van der Waals surface area contributed by atoms with Crippen molar-refractivity contribution >= 4 is 17.4 Å². The van der Waals surface area contributed by atoms with Crippen LogP contribution in [0.3, 0.4) is 0 Å². The van der Waals surface area contributed by atoms with Crippen LogP contribution < -0.4 is 4.74 Å². The van der Waals surface area contributed by atoms with Crippen LogP contribution in [-0.2, 0) is 11.3 Å². The summed E-state index contributed by atoms with van der Waals surface area (Å²) in [5.74, 6) is 0.651. The van der Waals surface area contributed by atoms with Crippen molar-refractivity contribution in [2.45, 2.75) is 6.61 Å². The number of rotatable bonds is 6. The molecule has 2 aromatic rings. The Bertz CT molecular complexity index is 579. The van der Waals surface area contributed by atoms with Crippen molar-refractivity contribution < 1.29 is 14.3 Å². The SMILES string of the molecule is COc1ccc(C(=O)COCc2ccccc2Cl)cc1. The number of hydrogen-bond acceptors (Lipinski definition) is 3. The molecule has 0 aliphatic carbocycles. The minimum atomic E-state index is -0.0697. The lowest BCUT2D eigenvalue weighted by atomic mass is 10.1. The molecule has 0 saturated heterocycles. The van der Waals surface area contributed by atoms with E-state index in [9.17, 15) is 4.79 Å². The van der Waals surface area contributed by atoms with Gasteiger partial charge in [-0.3, -0.25) is 4.79 Å². The van der Waals surface area contributed by atoms with E-state index in [-0.39, 0.29) is 12.4 Å². The van der Waals surface area contributed by atoms with Gasteiger partial charge in [-0.05, 0) is 35.9 Å². The molecule has 4 heteroatoms.